The average Bonchev–Trinajstić information content (AvgIpc) is 2.34. The monoisotopic (exact) mass is 284 g/mol. The molecule has 0 bridgehead atoms. The summed E-state index contributed by atoms with van der Waals surface area (Å²) in [6.45, 7) is 3.77. The highest BCUT2D eigenvalue weighted by Crippen LogP contribution is 2.31. The molecule has 19 heavy (non-hydrogen) atoms. The number of hydrogen-bond donors (Lipinski definition) is 1. The summed E-state index contributed by atoms with van der Waals surface area (Å²) in [5.41, 5.74) is 0.0156. The Balaban J connectivity index is 2.06. The van der Waals surface area contributed by atoms with Gasteiger partial charge < -0.3 is 14.6 Å². The molecule has 0 radical (unpaired) electrons. The van der Waals surface area contributed by atoms with Crippen molar-refractivity contribution >= 4 is 23.4 Å². The summed E-state index contributed by atoms with van der Waals surface area (Å²) in [7, 11) is 0. The first-order valence-corrected chi connectivity index (χ1v) is 6.07. The van der Waals surface area contributed by atoms with Gasteiger partial charge in [0.25, 0.3) is 5.78 Å². The van der Waals surface area contributed by atoms with Crippen molar-refractivity contribution < 1.29 is 24.2 Å². The molecular formula is C13H13ClO5. The third kappa shape index (κ3) is 3.05. The number of carbonyl (C=O) groups is 2. The van der Waals surface area contributed by atoms with Crippen LogP contribution in [0.4, 0.5) is 0 Å². The van der Waals surface area contributed by atoms with Gasteiger partial charge in [-0.25, -0.2) is 4.79 Å². The topological polar surface area (TPSA) is 72.8 Å². The van der Waals surface area contributed by atoms with Crippen LogP contribution < -0.4 is 4.74 Å². The van der Waals surface area contributed by atoms with E-state index in [2.05, 4.69) is 0 Å². The van der Waals surface area contributed by atoms with E-state index in [1.54, 1.807) is 0 Å². The van der Waals surface area contributed by atoms with Crippen molar-refractivity contribution in [3.05, 3.63) is 28.8 Å². The number of Topliss-reactive ketones (excluding diaryl/α,β-unsaturated/α-hetero) is 1. The molecule has 0 aromatic heterocycles. The van der Waals surface area contributed by atoms with Crippen LogP contribution in [0.5, 0.6) is 5.75 Å². The molecule has 5 nitrogen and oxygen atoms in total. The maximum absolute atomic E-state index is 11.3. The number of benzene rings is 1. The van der Waals surface area contributed by atoms with Crippen LogP contribution in [0, 0.1) is 5.41 Å². The first-order valence-electron chi connectivity index (χ1n) is 5.69. The lowest BCUT2D eigenvalue weighted by Gasteiger charge is -2.37. The van der Waals surface area contributed by atoms with Gasteiger partial charge >= 0.3 is 5.97 Å². The maximum atomic E-state index is 11.3. The van der Waals surface area contributed by atoms with Crippen LogP contribution >= 0.6 is 11.6 Å². The molecule has 1 aromatic rings. The van der Waals surface area contributed by atoms with Gasteiger partial charge in [-0.3, -0.25) is 4.79 Å². The van der Waals surface area contributed by atoms with Gasteiger partial charge in [0.2, 0.25) is 0 Å². The molecule has 1 heterocycles. The van der Waals surface area contributed by atoms with Crippen molar-refractivity contribution in [2.45, 2.75) is 6.92 Å². The van der Waals surface area contributed by atoms with E-state index in [0.717, 1.165) is 0 Å². The number of halogens is 1. The van der Waals surface area contributed by atoms with Crippen molar-refractivity contribution in [1.29, 1.82) is 0 Å². The summed E-state index contributed by atoms with van der Waals surface area (Å²) < 4.78 is 10.7. The predicted molar refractivity (Wildman–Crippen MR) is 67.8 cm³/mol. The van der Waals surface area contributed by atoms with E-state index in [4.69, 9.17) is 26.2 Å². The molecule has 1 fully saturated rings. The molecule has 0 amide bonds. The molecule has 0 atom stereocenters. The zero-order valence-corrected chi connectivity index (χ0v) is 11.1. The van der Waals surface area contributed by atoms with Gasteiger partial charge in [-0.2, -0.15) is 0 Å². The first-order chi connectivity index (χ1) is 8.91. The van der Waals surface area contributed by atoms with E-state index in [9.17, 15) is 9.59 Å². The lowest BCUT2D eigenvalue weighted by Crippen LogP contribution is -2.44. The van der Waals surface area contributed by atoms with Crippen molar-refractivity contribution in [3.63, 3.8) is 0 Å². The van der Waals surface area contributed by atoms with Gasteiger partial charge in [0.15, 0.2) is 0 Å². The van der Waals surface area contributed by atoms with Crippen LogP contribution in [0.15, 0.2) is 18.2 Å². The number of carboxylic acid groups (broad SMARTS) is 1. The van der Waals surface area contributed by atoms with E-state index < -0.39 is 11.8 Å². The SMILES string of the molecule is CC1(COc2ccc(C(=O)C(=O)O)cc2Cl)COC1. The summed E-state index contributed by atoms with van der Waals surface area (Å²) in [5.74, 6) is -2.08. The summed E-state index contributed by atoms with van der Waals surface area (Å²) in [6.07, 6.45) is 0. The number of hydrogen-bond acceptors (Lipinski definition) is 4. The second-order valence-electron chi connectivity index (χ2n) is 4.87. The van der Waals surface area contributed by atoms with Crippen LogP contribution in [0.3, 0.4) is 0 Å². The molecule has 2 rings (SSSR count). The molecule has 1 N–H and O–H groups in total. The van der Waals surface area contributed by atoms with Gasteiger partial charge in [0, 0.05) is 11.0 Å². The van der Waals surface area contributed by atoms with Crippen molar-refractivity contribution in [1.82, 2.24) is 0 Å². The normalized spacial score (nSPS) is 16.5. The maximum Gasteiger partial charge on any atom is 0.377 e. The molecule has 0 unspecified atom stereocenters. The van der Waals surface area contributed by atoms with Crippen molar-refractivity contribution in [2.24, 2.45) is 5.41 Å². The van der Waals surface area contributed by atoms with E-state index in [-0.39, 0.29) is 16.0 Å². The van der Waals surface area contributed by atoms with E-state index in [0.29, 0.717) is 25.6 Å². The minimum absolute atomic E-state index is 0.0150. The summed E-state index contributed by atoms with van der Waals surface area (Å²) in [5, 5.41) is 8.83. The fraction of sp³-hybridized carbons (Fsp3) is 0.385. The van der Waals surface area contributed by atoms with Gasteiger partial charge in [0.05, 0.1) is 24.8 Å². The largest absolute Gasteiger partial charge is 0.491 e. The highest BCUT2D eigenvalue weighted by atomic mass is 35.5. The van der Waals surface area contributed by atoms with E-state index in [1.807, 2.05) is 6.92 Å². The molecule has 102 valence electrons. The fourth-order valence-corrected chi connectivity index (χ4v) is 1.90. The molecule has 0 saturated carbocycles. The summed E-state index contributed by atoms with van der Waals surface area (Å²) in [6, 6.07) is 4.19. The average molecular weight is 285 g/mol. The second-order valence-corrected chi connectivity index (χ2v) is 5.28. The standard InChI is InChI=1S/C13H13ClO5/c1-13(5-18-6-13)7-19-10-3-2-8(4-9(10)14)11(15)12(16)17/h2-4H,5-7H2,1H3,(H,16,17). The Labute approximate surface area is 115 Å². The first kappa shape index (κ1) is 13.8. The van der Waals surface area contributed by atoms with Crippen molar-refractivity contribution in [3.8, 4) is 5.75 Å². The zero-order chi connectivity index (χ0) is 14.0. The highest BCUT2D eigenvalue weighted by molar-refractivity contribution is 6.40. The Morgan fingerprint density at radius 1 is 1.47 bits per heavy atom. The quantitative estimate of drug-likeness (QED) is 0.661. The third-order valence-corrected chi connectivity index (χ3v) is 3.16. The zero-order valence-electron chi connectivity index (χ0n) is 10.3. The molecule has 1 aliphatic heterocycles. The smallest absolute Gasteiger partial charge is 0.377 e. The Morgan fingerprint density at radius 2 is 2.16 bits per heavy atom. The molecule has 1 saturated heterocycles. The molecular weight excluding hydrogens is 272 g/mol. The van der Waals surface area contributed by atoms with Crippen molar-refractivity contribution in [2.75, 3.05) is 19.8 Å². The molecule has 6 heteroatoms. The van der Waals surface area contributed by atoms with Gasteiger partial charge in [-0.05, 0) is 18.2 Å². The van der Waals surface area contributed by atoms with E-state index >= 15 is 0 Å². The lowest BCUT2D eigenvalue weighted by molar-refractivity contribution is -0.131. The number of carboxylic acids is 1. The van der Waals surface area contributed by atoms with Gasteiger partial charge in [0.1, 0.15) is 5.75 Å². The Hall–Kier alpha value is -1.59. The Kier molecular flexibility index (Phi) is 3.78. The van der Waals surface area contributed by atoms with Crippen LogP contribution in [-0.4, -0.2) is 36.7 Å². The minimum atomic E-state index is -1.51. The summed E-state index contributed by atoms with van der Waals surface area (Å²) in [4.78, 5) is 21.8. The molecule has 0 spiro atoms. The summed E-state index contributed by atoms with van der Waals surface area (Å²) >= 11 is 5.97. The Bertz CT molecular complexity index is 522. The third-order valence-electron chi connectivity index (χ3n) is 2.87. The Morgan fingerprint density at radius 3 is 2.63 bits per heavy atom. The number of rotatable bonds is 5. The molecule has 1 aromatic carbocycles. The minimum Gasteiger partial charge on any atom is -0.491 e. The lowest BCUT2D eigenvalue weighted by atomic mass is 9.90. The fourth-order valence-electron chi connectivity index (χ4n) is 1.67. The van der Waals surface area contributed by atoms with Crippen LogP contribution in [0.1, 0.15) is 17.3 Å². The number of ether oxygens (including phenoxy) is 2. The second kappa shape index (κ2) is 5.19. The van der Waals surface area contributed by atoms with Gasteiger partial charge in [-0.15, -0.1) is 0 Å². The molecule has 0 aliphatic carbocycles. The number of ketones is 1. The van der Waals surface area contributed by atoms with Crippen LogP contribution in [-0.2, 0) is 9.53 Å². The van der Waals surface area contributed by atoms with Crippen LogP contribution in [0.25, 0.3) is 0 Å². The predicted octanol–water partition coefficient (Wildman–Crippen LogP) is 2.02. The number of carbonyl (C=O) groups excluding carboxylic acids is 1. The van der Waals surface area contributed by atoms with Crippen LogP contribution in [0.2, 0.25) is 5.02 Å². The highest BCUT2D eigenvalue weighted by Gasteiger charge is 2.34. The molecule has 1 aliphatic rings. The number of aliphatic carboxylic acids is 1. The van der Waals surface area contributed by atoms with Gasteiger partial charge in [-0.1, -0.05) is 18.5 Å². The van der Waals surface area contributed by atoms with E-state index in [1.165, 1.54) is 18.2 Å².